The molecule has 3 nitrogen and oxygen atoms in total. The lowest BCUT2D eigenvalue weighted by Gasteiger charge is -2.00. The molecule has 0 saturated heterocycles. The largest absolute Gasteiger partial charge is 0.366 e. The first kappa shape index (κ1) is 49.0. The molecule has 338 valence electrons. The van der Waals surface area contributed by atoms with Crippen LogP contribution in [-0.2, 0) is 30.2 Å². The molecule has 0 amide bonds. The first-order valence-electron chi connectivity index (χ1n) is 23.5. The van der Waals surface area contributed by atoms with Crippen LogP contribution < -0.4 is 4.62 Å². The number of unbranched alkanes of at least 4 members (excludes halogenated alkanes) is 12. The highest BCUT2D eigenvalue weighted by molar-refractivity contribution is 7.67. The monoisotopic (exact) mass is 992 g/mol. The van der Waals surface area contributed by atoms with Crippen LogP contribution >= 0.6 is 87.0 Å². The number of rotatable bonds is 27. The molecule has 7 rings (SSSR count). The fraction of sp³-hybridized carbons (Fsp3) is 0.462. The molecule has 11 heteroatoms. The van der Waals surface area contributed by atoms with Gasteiger partial charge in [0.05, 0.1) is 14.6 Å². The Morgan fingerprint density at radius 3 is 1.10 bits per heavy atom. The minimum Gasteiger partial charge on any atom is -0.320 e. The quantitative estimate of drug-likeness (QED) is 0.0399. The molecular formula is C52H65O3PS7. The predicted molar refractivity (Wildman–Crippen MR) is 287 cm³/mol. The molecule has 0 bridgehead atoms. The summed E-state index contributed by atoms with van der Waals surface area (Å²) in [5, 5.41) is 0. The molecule has 0 aliphatic heterocycles. The molecule has 0 aromatic carbocycles. The zero-order valence-corrected chi connectivity index (χ0v) is 44.2. The molecule has 0 aliphatic rings. The summed E-state index contributed by atoms with van der Waals surface area (Å²) in [4.78, 5) is 37.9. The smallest absolute Gasteiger partial charge is 0.320 e. The maximum atomic E-state index is 13.1. The Morgan fingerprint density at radius 2 is 0.698 bits per heavy atom. The number of hydrogen-bond donors (Lipinski definition) is 2. The van der Waals surface area contributed by atoms with E-state index in [0.29, 0.717) is 0 Å². The van der Waals surface area contributed by atoms with Gasteiger partial charge in [0.1, 0.15) is 4.62 Å². The minimum atomic E-state index is -4.52. The summed E-state index contributed by atoms with van der Waals surface area (Å²) < 4.78 is 13.3. The summed E-state index contributed by atoms with van der Waals surface area (Å²) in [6.07, 6.45) is 24.4. The third-order valence-electron chi connectivity index (χ3n) is 11.7. The lowest BCUT2D eigenvalue weighted by Crippen LogP contribution is -1.95. The van der Waals surface area contributed by atoms with E-state index in [-0.39, 0.29) is 4.62 Å². The molecule has 0 spiro atoms. The molecule has 0 radical (unpaired) electrons. The molecule has 0 fully saturated rings. The van der Waals surface area contributed by atoms with E-state index < -0.39 is 7.60 Å². The van der Waals surface area contributed by atoms with Gasteiger partial charge < -0.3 is 9.79 Å². The van der Waals surface area contributed by atoms with Crippen LogP contribution in [-0.4, -0.2) is 9.79 Å². The average molecular weight is 994 g/mol. The third kappa shape index (κ3) is 13.1. The summed E-state index contributed by atoms with van der Waals surface area (Å²) in [5.74, 6) is 0. The highest BCUT2D eigenvalue weighted by Crippen LogP contribution is 2.55. The van der Waals surface area contributed by atoms with E-state index in [1.807, 2.05) is 45.3 Å². The number of aryl methyl sites for hydroxylation is 4. The van der Waals surface area contributed by atoms with E-state index in [0.717, 1.165) is 45.9 Å². The van der Waals surface area contributed by atoms with Gasteiger partial charge in [-0.15, -0.1) is 79.4 Å². The van der Waals surface area contributed by atoms with Crippen molar-refractivity contribution in [2.45, 2.75) is 156 Å². The van der Waals surface area contributed by atoms with Crippen LogP contribution in [0.5, 0.6) is 0 Å². The van der Waals surface area contributed by atoms with Crippen molar-refractivity contribution in [2.24, 2.45) is 0 Å². The van der Waals surface area contributed by atoms with Crippen molar-refractivity contribution in [1.29, 1.82) is 0 Å². The SMILES string of the molecule is CCCCCCc1ccc(-c2cc(-c3cc(P(=O)(O)O)sc3-c3cc(-c4ccc(CCCCCC)s4)c(-c4ccc(CCCCCC)s4)s3)sc2-c2ccc(CCCCCC)s2)s1. The first-order valence-corrected chi connectivity index (χ1v) is 30.9. The van der Waals surface area contributed by atoms with E-state index in [2.05, 4.69) is 88.4 Å². The maximum Gasteiger partial charge on any atom is 0.366 e. The van der Waals surface area contributed by atoms with E-state index in [9.17, 15) is 14.4 Å². The van der Waals surface area contributed by atoms with Crippen LogP contribution in [0, 0.1) is 0 Å². The van der Waals surface area contributed by atoms with Gasteiger partial charge in [-0.25, -0.2) is 0 Å². The zero-order valence-electron chi connectivity index (χ0n) is 37.6. The van der Waals surface area contributed by atoms with Crippen molar-refractivity contribution in [3.05, 3.63) is 86.2 Å². The second-order valence-electron chi connectivity index (χ2n) is 16.9. The van der Waals surface area contributed by atoms with Gasteiger partial charge in [0.25, 0.3) is 0 Å². The third-order valence-corrected chi connectivity index (χ3v) is 21.8. The summed E-state index contributed by atoms with van der Waals surface area (Å²) in [5.41, 5.74) is 3.39. The molecule has 7 aromatic heterocycles. The molecule has 7 aromatic rings. The van der Waals surface area contributed by atoms with E-state index >= 15 is 0 Å². The highest BCUT2D eigenvalue weighted by atomic mass is 32.1. The second-order valence-corrected chi connectivity index (χ2v) is 26.6. The van der Waals surface area contributed by atoms with Gasteiger partial charge in [-0.3, -0.25) is 4.57 Å². The highest BCUT2D eigenvalue weighted by Gasteiger charge is 2.29. The lowest BCUT2D eigenvalue weighted by atomic mass is 10.1. The van der Waals surface area contributed by atoms with Gasteiger partial charge in [-0.1, -0.05) is 105 Å². The van der Waals surface area contributed by atoms with Crippen molar-refractivity contribution < 1.29 is 14.4 Å². The van der Waals surface area contributed by atoms with Gasteiger partial charge in [0.15, 0.2) is 0 Å². The normalized spacial score (nSPS) is 12.0. The van der Waals surface area contributed by atoms with E-state index in [4.69, 9.17) is 0 Å². The first-order chi connectivity index (χ1) is 30.7. The van der Waals surface area contributed by atoms with Crippen LogP contribution in [0.1, 0.15) is 150 Å². The molecule has 0 saturated carbocycles. The van der Waals surface area contributed by atoms with Crippen LogP contribution in [0.4, 0.5) is 0 Å². The molecule has 63 heavy (non-hydrogen) atoms. The maximum absolute atomic E-state index is 13.1. The van der Waals surface area contributed by atoms with Gasteiger partial charge in [0, 0.05) is 65.5 Å². The fourth-order valence-corrected chi connectivity index (χ4v) is 17.3. The number of hydrogen-bond acceptors (Lipinski definition) is 8. The fourth-order valence-electron chi connectivity index (χ4n) is 8.13. The Balaban J connectivity index is 1.31. The van der Waals surface area contributed by atoms with Gasteiger partial charge in [-0.05, 0) is 118 Å². The summed E-state index contributed by atoms with van der Waals surface area (Å²) in [6, 6.07) is 25.0. The van der Waals surface area contributed by atoms with E-state index in [1.54, 1.807) is 28.7 Å². The van der Waals surface area contributed by atoms with Crippen molar-refractivity contribution in [3.63, 3.8) is 0 Å². The van der Waals surface area contributed by atoms with Gasteiger partial charge in [0.2, 0.25) is 0 Å². The summed E-state index contributed by atoms with van der Waals surface area (Å²) in [6.45, 7) is 9.07. The molecule has 2 N–H and O–H groups in total. The Labute approximate surface area is 405 Å². The average Bonchev–Trinajstić information content (AvgIpc) is 4.12. The van der Waals surface area contributed by atoms with Crippen LogP contribution in [0.2, 0.25) is 0 Å². The van der Waals surface area contributed by atoms with E-state index in [1.165, 1.54) is 174 Å². The summed E-state index contributed by atoms with van der Waals surface area (Å²) in [7, 11) is -4.52. The second kappa shape index (κ2) is 24.2. The van der Waals surface area contributed by atoms with Gasteiger partial charge in [-0.2, -0.15) is 0 Å². The van der Waals surface area contributed by atoms with Crippen LogP contribution in [0.25, 0.3) is 60.6 Å². The Hall–Kier alpha value is -1.95. The van der Waals surface area contributed by atoms with Crippen molar-refractivity contribution in [3.8, 4) is 60.6 Å². The topological polar surface area (TPSA) is 57.5 Å². The molecule has 0 unspecified atom stereocenters. The molecular weight excluding hydrogens is 928 g/mol. The number of thiophene rings is 7. The Morgan fingerprint density at radius 1 is 0.365 bits per heavy atom. The van der Waals surface area contributed by atoms with Crippen molar-refractivity contribution in [2.75, 3.05) is 0 Å². The van der Waals surface area contributed by atoms with Gasteiger partial charge >= 0.3 is 7.60 Å². The van der Waals surface area contributed by atoms with Crippen LogP contribution in [0.3, 0.4) is 0 Å². The summed E-state index contributed by atoms with van der Waals surface area (Å²) >= 11 is 12.5. The lowest BCUT2D eigenvalue weighted by molar-refractivity contribution is 0.388. The standard InChI is InChI=1S/C52H65O3PS7/c1-5-9-13-17-21-36-25-29-43(57-36)40-33-47(61-50(40)45-31-27-38(59-45)23-19-15-11-7-3)42-35-49(56(53,54)55)63-52(42)48-34-41(44-30-26-37(58-44)22-18-14-10-6-2)51(62-48)46-32-28-39(60-46)24-20-16-12-8-4/h25-35H,5-24H2,1-4H3,(H2,53,54,55). The zero-order chi connectivity index (χ0) is 44.2. The Kier molecular flexibility index (Phi) is 18.8. The van der Waals surface area contributed by atoms with Crippen molar-refractivity contribution in [1.82, 2.24) is 0 Å². The van der Waals surface area contributed by atoms with Crippen molar-refractivity contribution >= 4 is 91.6 Å². The molecule has 0 atom stereocenters. The molecule has 7 heterocycles. The minimum absolute atomic E-state index is 0.132. The Bertz CT molecular complexity index is 2210. The molecule has 0 aliphatic carbocycles. The predicted octanol–water partition coefficient (Wildman–Crippen LogP) is 19.4. The van der Waals surface area contributed by atoms with Crippen LogP contribution in [0.15, 0.2) is 66.7 Å².